The van der Waals surface area contributed by atoms with Gasteiger partial charge in [-0.1, -0.05) is 52.9 Å². The molecule has 1 fully saturated rings. The second kappa shape index (κ2) is 18.4. The van der Waals surface area contributed by atoms with E-state index in [1.54, 1.807) is 0 Å². The summed E-state index contributed by atoms with van der Waals surface area (Å²) in [4.78, 5) is 0. The number of hydrogen-bond acceptors (Lipinski definition) is 3. The highest BCUT2D eigenvalue weighted by Gasteiger charge is 2.13. The van der Waals surface area contributed by atoms with E-state index in [-0.39, 0.29) is 0 Å². The Bertz CT molecular complexity index is 210. The van der Waals surface area contributed by atoms with Crippen molar-refractivity contribution in [1.29, 1.82) is 0 Å². The van der Waals surface area contributed by atoms with Crippen LogP contribution in [-0.4, -0.2) is 39.6 Å². The summed E-state index contributed by atoms with van der Waals surface area (Å²) in [6, 6.07) is 0. The van der Waals surface area contributed by atoms with Crippen molar-refractivity contribution in [2.75, 3.05) is 39.6 Å². The molecule has 0 radical (unpaired) electrons. The molecular weight excluding hydrogens is 252 g/mol. The Balaban J connectivity index is 0. The molecule has 0 bridgehead atoms. The fourth-order valence-electron chi connectivity index (χ4n) is 1.62. The lowest BCUT2D eigenvalue weighted by Crippen LogP contribution is -2.09. The van der Waals surface area contributed by atoms with Crippen LogP contribution in [0.5, 0.6) is 0 Å². The van der Waals surface area contributed by atoms with Crippen LogP contribution in [0.3, 0.4) is 0 Å². The minimum atomic E-state index is 0.357. The van der Waals surface area contributed by atoms with Crippen LogP contribution in [0.25, 0.3) is 0 Å². The van der Waals surface area contributed by atoms with Crippen LogP contribution >= 0.6 is 0 Å². The lowest BCUT2D eigenvalue weighted by Gasteiger charge is -2.22. The van der Waals surface area contributed by atoms with Crippen LogP contribution in [0.4, 0.5) is 0 Å². The topological polar surface area (TPSA) is 27.7 Å². The lowest BCUT2D eigenvalue weighted by atomic mass is 9.84. The summed E-state index contributed by atoms with van der Waals surface area (Å²) in [6.07, 6.45) is 12.0. The molecule has 3 nitrogen and oxygen atoms in total. The highest BCUT2D eigenvalue weighted by atomic mass is 16.5. The van der Waals surface area contributed by atoms with Gasteiger partial charge in [0, 0.05) is 7.98 Å². The van der Waals surface area contributed by atoms with Crippen molar-refractivity contribution in [2.45, 2.75) is 53.4 Å². The lowest BCUT2D eigenvalue weighted by molar-refractivity contribution is 0.0204. The Morgan fingerprint density at radius 3 is 1.95 bits per heavy atom. The van der Waals surface area contributed by atoms with Gasteiger partial charge in [-0.15, -0.1) is 6.42 Å². The molecule has 0 saturated heterocycles. The van der Waals surface area contributed by atoms with Gasteiger partial charge in [-0.2, -0.15) is 0 Å². The van der Waals surface area contributed by atoms with Gasteiger partial charge in [0.1, 0.15) is 6.61 Å². The standard InChI is InChI=1S/C10H18O3.C6H12.CH4/c1-3-5-11-7-9-13-10-8-12-6-4-2;1-2-6-4-3-5-6;/h1H,4-10H2,2H3;6H,2-5H2,1H3;1H4/i;;1D. The van der Waals surface area contributed by atoms with Gasteiger partial charge in [0.05, 0.1) is 26.4 Å². The van der Waals surface area contributed by atoms with Gasteiger partial charge in [-0.05, 0) is 12.3 Å². The number of terminal acetylenes is 1. The van der Waals surface area contributed by atoms with Crippen LogP contribution in [0.2, 0.25) is 0 Å². The molecule has 0 amide bonds. The van der Waals surface area contributed by atoms with Gasteiger partial charge >= 0.3 is 0 Å². The Morgan fingerprint density at radius 1 is 1.05 bits per heavy atom. The minimum absolute atomic E-state index is 0.357. The van der Waals surface area contributed by atoms with Gasteiger partial charge in [-0.3, -0.25) is 0 Å². The Morgan fingerprint density at radius 2 is 1.60 bits per heavy atom. The zero-order valence-corrected chi connectivity index (χ0v) is 13.7. The Kier molecular flexibility index (Phi) is 17.9. The Hall–Kier alpha value is -0.560. The normalized spacial score (nSPS) is 13.8. The van der Waals surface area contributed by atoms with E-state index >= 15 is 0 Å². The third kappa shape index (κ3) is 15.5. The maximum atomic E-state index is 5.75. The van der Waals surface area contributed by atoms with E-state index in [0.29, 0.717) is 33.0 Å². The summed E-state index contributed by atoms with van der Waals surface area (Å²) < 4.78 is 21.2. The third-order valence-electron chi connectivity index (χ3n) is 3.08. The van der Waals surface area contributed by atoms with Gasteiger partial charge in [-0.25, -0.2) is 0 Å². The minimum Gasteiger partial charge on any atom is -0.379 e. The van der Waals surface area contributed by atoms with E-state index in [1.807, 2.05) is 0 Å². The van der Waals surface area contributed by atoms with E-state index in [2.05, 4.69) is 19.8 Å². The monoisotopic (exact) mass is 287 g/mol. The first-order valence-electron chi connectivity index (χ1n) is 8.51. The second-order valence-electron chi connectivity index (χ2n) is 4.69. The first kappa shape index (κ1) is 19.4. The van der Waals surface area contributed by atoms with Crippen molar-refractivity contribution in [1.82, 2.24) is 0 Å². The van der Waals surface area contributed by atoms with Crippen LogP contribution in [0.15, 0.2) is 0 Å². The fraction of sp³-hybridized carbons (Fsp3) is 0.882. The first-order valence-corrected chi connectivity index (χ1v) is 7.51. The number of hydrogen-bond donors (Lipinski definition) is 0. The summed E-state index contributed by atoms with van der Waals surface area (Å²) in [7, 11) is 1.25. The van der Waals surface area contributed by atoms with Crippen molar-refractivity contribution in [2.24, 2.45) is 5.92 Å². The summed E-state index contributed by atoms with van der Waals surface area (Å²) in [5.74, 6) is 3.50. The van der Waals surface area contributed by atoms with Crippen molar-refractivity contribution < 1.29 is 15.6 Å². The van der Waals surface area contributed by atoms with Crippen LogP contribution in [-0.2, 0) is 14.2 Å². The fourth-order valence-corrected chi connectivity index (χ4v) is 1.62. The van der Waals surface area contributed by atoms with E-state index in [1.165, 1.54) is 33.1 Å². The van der Waals surface area contributed by atoms with Crippen LogP contribution in [0, 0.1) is 18.3 Å². The molecule has 0 aromatic rings. The van der Waals surface area contributed by atoms with Crippen molar-refractivity contribution in [3.8, 4) is 12.3 Å². The average Bonchev–Trinajstić information content (AvgIpc) is 2.47. The number of rotatable bonds is 10. The highest BCUT2D eigenvalue weighted by Crippen LogP contribution is 2.28. The molecule has 1 aliphatic carbocycles. The van der Waals surface area contributed by atoms with E-state index in [4.69, 9.17) is 22.0 Å². The summed E-state index contributed by atoms with van der Waals surface area (Å²) >= 11 is 0. The second-order valence-corrected chi connectivity index (χ2v) is 4.69. The molecule has 1 rings (SSSR count). The predicted octanol–water partition coefficient (Wildman–Crippen LogP) is 3.91. The maximum Gasteiger partial charge on any atom is 0.107 e. The van der Waals surface area contributed by atoms with Gasteiger partial charge in [0.15, 0.2) is 0 Å². The molecule has 0 heterocycles. The SMILES string of the molecule is C#CCOCCOCCOCCC.CCC1CCC1.[2H]C. The van der Waals surface area contributed by atoms with Crippen molar-refractivity contribution in [3.63, 3.8) is 0 Å². The molecule has 20 heavy (non-hydrogen) atoms. The molecular formula is C17H34O3. The molecule has 0 atom stereocenters. The van der Waals surface area contributed by atoms with Crippen LogP contribution < -0.4 is 0 Å². The van der Waals surface area contributed by atoms with E-state index in [0.717, 1.165) is 18.9 Å². The van der Waals surface area contributed by atoms with Gasteiger partial charge in [0.25, 0.3) is 0 Å². The summed E-state index contributed by atoms with van der Waals surface area (Å²) in [5, 5.41) is 0. The predicted molar refractivity (Wildman–Crippen MR) is 85.9 cm³/mol. The smallest absolute Gasteiger partial charge is 0.107 e. The zero-order valence-electron chi connectivity index (χ0n) is 14.7. The Labute approximate surface area is 127 Å². The quantitative estimate of drug-likeness (QED) is 0.450. The zero-order chi connectivity index (χ0) is 16.2. The maximum absolute atomic E-state index is 5.75. The largest absolute Gasteiger partial charge is 0.379 e. The molecule has 0 aliphatic heterocycles. The van der Waals surface area contributed by atoms with Gasteiger partial charge in [0.2, 0.25) is 0 Å². The van der Waals surface area contributed by atoms with Crippen molar-refractivity contribution >= 4 is 0 Å². The molecule has 120 valence electrons. The summed E-state index contributed by atoms with van der Waals surface area (Å²) in [6.45, 7) is 7.93. The highest BCUT2D eigenvalue weighted by molar-refractivity contribution is 4.82. The van der Waals surface area contributed by atoms with E-state index in [9.17, 15) is 0 Å². The summed E-state index contributed by atoms with van der Waals surface area (Å²) in [5.41, 5.74) is 0. The molecule has 0 unspecified atom stereocenters. The molecule has 0 aromatic heterocycles. The average molecular weight is 287 g/mol. The van der Waals surface area contributed by atoms with Crippen LogP contribution in [0.1, 0.15) is 54.7 Å². The molecule has 0 N–H and O–H groups in total. The molecule has 3 heteroatoms. The third-order valence-corrected chi connectivity index (χ3v) is 3.08. The van der Waals surface area contributed by atoms with Crippen molar-refractivity contribution in [3.05, 3.63) is 0 Å². The first-order chi connectivity index (χ1) is 10.3. The number of ether oxygens (including phenoxy) is 3. The van der Waals surface area contributed by atoms with E-state index < -0.39 is 0 Å². The molecule has 0 aromatic carbocycles. The molecule has 1 aliphatic rings. The van der Waals surface area contributed by atoms with Gasteiger partial charge < -0.3 is 14.2 Å². The molecule has 1 saturated carbocycles. The molecule has 0 spiro atoms.